The van der Waals surface area contributed by atoms with Gasteiger partial charge in [0.25, 0.3) is 0 Å². The highest BCUT2D eigenvalue weighted by molar-refractivity contribution is 7.89. The Kier molecular flexibility index (Phi) is 4.27. The number of fused-ring (bicyclic) bond motifs is 1. The normalized spacial score (nSPS) is 18.9. The van der Waals surface area contributed by atoms with Crippen molar-refractivity contribution in [2.75, 3.05) is 6.54 Å². The van der Waals surface area contributed by atoms with Gasteiger partial charge in [0.05, 0.1) is 16.3 Å². The van der Waals surface area contributed by atoms with Crippen molar-refractivity contribution in [3.05, 3.63) is 58.3 Å². The minimum Gasteiger partial charge on any atom is -0.239 e. The molecule has 0 N–H and O–H groups in total. The lowest BCUT2D eigenvalue weighted by molar-refractivity contribution is 0.393. The zero-order chi connectivity index (χ0) is 17.6. The van der Waals surface area contributed by atoms with Gasteiger partial charge in [0.15, 0.2) is 0 Å². The molecular weight excluding hydrogens is 383 g/mol. The Hall–Kier alpha value is -1.54. The standard InChI is InChI=1S/C17H14ClFN2O2S2/c18-11-7-8-16(12(19)10-11)25(22,23)21-9-3-5-14(21)17-20-13-4-1-2-6-15(13)24-17/h1-2,4,6-8,10,14H,3,5,9H2/t14-/m0/s1. The maximum Gasteiger partial charge on any atom is 0.246 e. The van der Waals surface area contributed by atoms with Gasteiger partial charge in [0, 0.05) is 11.6 Å². The van der Waals surface area contributed by atoms with E-state index < -0.39 is 15.8 Å². The Balaban J connectivity index is 1.75. The van der Waals surface area contributed by atoms with Crippen molar-refractivity contribution >= 4 is 43.2 Å². The molecule has 3 aromatic rings. The number of nitrogens with zero attached hydrogens (tertiary/aromatic N) is 2. The molecule has 1 aliphatic heterocycles. The summed E-state index contributed by atoms with van der Waals surface area (Å²) in [5, 5.41) is 0.914. The molecular formula is C17H14ClFN2O2S2. The zero-order valence-electron chi connectivity index (χ0n) is 13.0. The molecule has 0 radical (unpaired) electrons. The Morgan fingerprint density at radius 1 is 1.24 bits per heavy atom. The average molecular weight is 397 g/mol. The molecule has 130 valence electrons. The van der Waals surface area contributed by atoms with Crippen LogP contribution in [0.3, 0.4) is 0 Å². The van der Waals surface area contributed by atoms with Crippen LogP contribution in [-0.4, -0.2) is 24.3 Å². The second-order valence-corrected chi connectivity index (χ2v) is 9.23. The molecule has 4 nitrogen and oxygen atoms in total. The lowest BCUT2D eigenvalue weighted by Crippen LogP contribution is -2.31. The minimum absolute atomic E-state index is 0.167. The van der Waals surface area contributed by atoms with Gasteiger partial charge in [-0.15, -0.1) is 11.3 Å². The van der Waals surface area contributed by atoms with Crippen LogP contribution in [0.15, 0.2) is 47.4 Å². The first-order valence-corrected chi connectivity index (χ1v) is 10.4. The van der Waals surface area contributed by atoms with Crippen LogP contribution >= 0.6 is 22.9 Å². The number of sulfonamides is 1. The summed E-state index contributed by atoms with van der Waals surface area (Å²) in [4.78, 5) is 4.24. The molecule has 2 aromatic carbocycles. The molecule has 8 heteroatoms. The molecule has 0 bridgehead atoms. The highest BCUT2D eigenvalue weighted by Crippen LogP contribution is 2.40. The fourth-order valence-electron chi connectivity index (χ4n) is 3.12. The summed E-state index contributed by atoms with van der Waals surface area (Å²) in [6.07, 6.45) is 1.39. The molecule has 1 aromatic heterocycles. The number of hydrogen-bond donors (Lipinski definition) is 0. The number of rotatable bonds is 3. The smallest absolute Gasteiger partial charge is 0.239 e. The third-order valence-corrected chi connectivity index (χ3v) is 7.59. The number of benzene rings is 2. The van der Waals surface area contributed by atoms with Crippen LogP contribution in [0.4, 0.5) is 4.39 Å². The van der Waals surface area contributed by atoms with Gasteiger partial charge in [0.2, 0.25) is 10.0 Å². The maximum absolute atomic E-state index is 14.2. The monoisotopic (exact) mass is 396 g/mol. The molecule has 0 spiro atoms. The third-order valence-electron chi connectivity index (χ3n) is 4.28. The average Bonchev–Trinajstić information content (AvgIpc) is 3.21. The molecule has 2 heterocycles. The largest absolute Gasteiger partial charge is 0.246 e. The molecule has 0 unspecified atom stereocenters. The van der Waals surface area contributed by atoms with Crippen molar-refractivity contribution < 1.29 is 12.8 Å². The van der Waals surface area contributed by atoms with Crippen LogP contribution in [0.25, 0.3) is 10.2 Å². The van der Waals surface area contributed by atoms with E-state index in [-0.39, 0.29) is 16.0 Å². The Labute approximate surface area is 153 Å². The molecule has 25 heavy (non-hydrogen) atoms. The Morgan fingerprint density at radius 2 is 2.04 bits per heavy atom. The van der Waals surface area contributed by atoms with Crippen LogP contribution in [0.1, 0.15) is 23.9 Å². The minimum atomic E-state index is -3.95. The van der Waals surface area contributed by atoms with Gasteiger partial charge < -0.3 is 0 Å². The second-order valence-electron chi connectivity index (χ2n) is 5.87. The van der Waals surface area contributed by atoms with Crippen LogP contribution in [0.5, 0.6) is 0 Å². The highest BCUT2D eigenvalue weighted by Gasteiger charge is 2.39. The van der Waals surface area contributed by atoms with Crippen molar-refractivity contribution in [1.29, 1.82) is 0 Å². The van der Waals surface area contributed by atoms with Gasteiger partial charge in [0.1, 0.15) is 15.7 Å². The van der Waals surface area contributed by atoms with Crippen molar-refractivity contribution in [3.63, 3.8) is 0 Å². The summed E-state index contributed by atoms with van der Waals surface area (Å²) in [6, 6.07) is 11.0. The van der Waals surface area contributed by atoms with Crippen LogP contribution in [0, 0.1) is 5.82 Å². The predicted octanol–water partition coefficient (Wildman–Crippen LogP) is 4.61. The van der Waals surface area contributed by atoms with Gasteiger partial charge in [-0.3, -0.25) is 0 Å². The van der Waals surface area contributed by atoms with E-state index in [4.69, 9.17) is 11.6 Å². The van der Waals surface area contributed by atoms with Crippen LogP contribution in [0.2, 0.25) is 5.02 Å². The number of aromatic nitrogens is 1. The zero-order valence-corrected chi connectivity index (χ0v) is 15.4. The summed E-state index contributed by atoms with van der Waals surface area (Å²) in [5.74, 6) is -0.831. The quantitative estimate of drug-likeness (QED) is 0.649. The second kappa shape index (κ2) is 6.32. The van der Waals surface area contributed by atoms with Crippen molar-refractivity contribution in [1.82, 2.24) is 9.29 Å². The highest BCUT2D eigenvalue weighted by atomic mass is 35.5. The van der Waals surface area contributed by atoms with E-state index >= 15 is 0 Å². The summed E-state index contributed by atoms with van der Waals surface area (Å²) in [5.41, 5.74) is 0.851. The van der Waals surface area contributed by atoms with Gasteiger partial charge in [-0.25, -0.2) is 17.8 Å². The van der Waals surface area contributed by atoms with Crippen molar-refractivity contribution in [3.8, 4) is 0 Å². The summed E-state index contributed by atoms with van der Waals surface area (Å²) < 4.78 is 42.5. The lowest BCUT2D eigenvalue weighted by atomic mass is 10.2. The summed E-state index contributed by atoms with van der Waals surface area (Å²) in [6.45, 7) is 0.352. The van der Waals surface area contributed by atoms with Gasteiger partial charge >= 0.3 is 0 Å². The first-order valence-electron chi connectivity index (χ1n) is 7.79. The molecule has 0 amide bonds. The number of hydrogen-bond acceptors (Lipinski definition) is 4. The summed E-state index contributed by atoms with van der Waals surface area (Å²) >= 11 is 7.22. The molecule has 4 rings (SSSR count). The van der Waals surface area contributed by atoms with E-state index in [0.29, 0.717) is 13.0 Å². The first-order chi connectivity index (χ1) is 12.0. The van der Waals surface area contributed by atoms with Crippen molar-refractivity contribution in [2.24, 2.45) is 0 Å². The molecule has 1 saturated heterocycles. The topological polar surface area (TPSA) is 50.3 Å². The molecule has 1 atom stereocenters. The maximum atomic E-state index is 14.2. The van der Waals surface area contributed by atoms with E-state index in [9.17, 15) is 12.8 Å². The molecule has 0 saturated carbocycles. The van der Waals surface area contributed by atoms with E-state index in [2.05, 4.69) is 4.98 Å². The number of para-hydroxylation sites is 1. The van der Waals surface area contributed by atoms with Crippen LogP contribution < -0.4 is 0 Å². The molecule has 0 aliphatic carbocycles. The predicted molar refractivity (Wildman–Crippen MR) is 96.9 cm³/mol. The molecule has 1 aliphatic rings. The van der Waals surface area contributed by atoms with E-state index in [1.807, 2.05) is 24.3 Å². The van der Waals surface area contributed by atoms with Gasteiger partial charge in [-0.2, -0.15) is 4.31 Å². The van der Waals surface area contributed by atoms with Crippen molar-refractivity contribution in [2.45, 2.75) is 23.8 Å². The Bertz CT molecular complexity index is 1020. The van der Waals surface area contributed by atoms with Crippen LogP contribution in [-0.2, 0) is 10.0 Å². The van der Waals surface area contributed by atoms with E-state index in [0.717, 1.165) is 27.7 Å². The first kappa shape index (κ1) is 16.9. The van der Waals surface area contributed by atoms with E-state index in [1.165, 1.54) is 27.8 Å². The summed E-state index contributed by atoms with van der Waals surface area (Å²) in [7, 11) is -3.95. The van der Waals surface area contributed by atoms with Gasteiger partial charge in [-0.1, -0.05) is 23.7 Å². The number of thiazole rings is 1. The Morgan fingerprint density at radius 3 is 2.80 bits per heavy atom. The van der Waals surface area contributed by atoms with E-state index in [1.54, 1.807) is 0 Å². The fourth-order valence-corrected chi connectivity index (χ4v) is 6.17. The third kappa shape index (κ3) is 2.95. The fraction of sp³-hybridized carbons (Fsp3) is 0.235. The molecule has 1 fully saturated rings. The van der Waals surface area contributed by atoms with Gasteiger partial charge in [-0.05, 0) is 43.2 Å². The number of halogens is 2. The SMILES string of the molecule is O=S(=O)(c1ccc(Cl)cc1F)N1CCC[C@H]1c1nc2ccccc2s1. The lowest BCUT2D eigenvalue weighted by Gasteiger charge is -2.22.